The topological polar surface area (TPSA) is 79.1 Å². The summed E-state index contributed by atoms with van der Waals surface area (Å²) < 4.78 is 11.0. The summed E-state index contributed by atoms with van der Waals surface area (Å²) in [6, 6.07) is 11.2. The number of guanidine groups is 1. The third-order valence-corrected chi connectivity index (χ3v) is 5.08. The first kappa shape index (κ1) is 25.2. The number of furan rings is 1. The van der Waals surface area contributed by atoms with Crippen molar-refractivity contribution in [2.24, 2.45) is 4.99 Å². The zero-order chi connectivity index (χ0) is 21.2. The number of amides is 1. The number of rotatable bonds is 8. The van der Waals surface area contributed by atoms with Crippen LogP contribution in [0.1, 0.15) is 48.4 Å². The molecule has 1 aliphatic heterocycles. The van der Waals surface area contributed by atoms with Crippen molar-refractivity contribution in [1.82, 2.24) is 15.5 Å². The first-order valence-electron chi connectivity index (χ1n) is 10.7. The lowest BCUT2D eigenvalue weighted by molar-refractivity contribution is 0.0263. The van der Waals surface area contributed by atoms with Gasteiger partial charge in [0.1, 0.15) is 5.76 Å². The van der Waals surface area contributed by atoms with Crippen molar-refractivity contribution in [2.45, 2.75) is 45.9 Å². The molecule has 1 aromatic carbocycles. The number of nitrogens with one attached hydrogen (secondary N) is 2. The molecule has 0 unspecified atom stereocenters. The maximum atomic E-state index is 12.4. The first-order chi connectivity index (χ1) is 14.7. The van der Waals surface area contributed by atoms with Crippen LogP contribution in [0.2, 0.25) is 0 Å². The standard InChI is InChI=1S/C23H32N4O3.HI/c1-3-24-23(27-12-10-20(11-13-27)29-4-2)26-16-18-7-5-8-19(15-18)22(28)25-17-21-9-6-14-30-21;/h5-9,14-15,20H,3-4,10-13,16-17H2,1-2H3,(H,24,26)(H,25,28);1H. The first-order valence-corrected chi connectivity index (χ1v) is 10.7. The van der Waals surface area contributed by atoms with E-state index in [2.05, 4.69) is 22.5 Å². The number of hydrogen-bond donors (Lipinski definition) is 2. The Balaban J connectivity index is 0.00000341. The molecule has 1 fully saturated rings. The minimum atomic E-state index is -0.123. The van der Waals surface area contributed by atoms with Gasteiger partial charge >= 0.3 is 0 Å². The van der Waals surface area contributed by atoms with Crippen LogP contribution in [-0.2, 0) is 17.8 Å². The van der Waals surface area contributed by atoms with Gasteiger partial charge in [0.2, 0.25) is 0 Å². The fourth-order valence-corrected chi connectivity index (χ4v) is 3.56. The van der Waals surface area contributed by atoms with E-state index in [0.29, 0.717) is 24.8 Å². The van der Waals surface area contributed by atoms with Crippen molar-refractivity contribution in [1.29, 1.82) is 0 Å². The van der Waals surface area contributed by atoms with E-state index in [9.17, 15) is 4.79 Å². The minimum absolute atomic E-state index is 0. The molecule has 0 bridgehead atoms. The van der Waals surface area contributed by atoms with Crippen LogP contribution < -0.4 is 10.6 Å². The summed E-state index contributed by atoms with van der Waals surface area (Å²) in [4.78, 5) is 19.5. The third-order valence-electron chi connectivity index (χ3n) is 5.08. The van der Waals surface area contributed by atoms with Crippen LogP contribution in [0.25, 0.3) is 0 Å². The van der Waals surface area contributed by atoms with Crippen molar-refractivity contribution in [2.75, 3.05) is 26.2 Å². The molecular formula is C23H33IN4O3. The Labute approximate surface area is 201 Å². The molecule has 0 aliphatic carbocycles. The molecule has 7 nitrogen and oxygen atoms in total. The monoisotopic (exact) mass is 540 g/mol. The molecule has 1 saturated heterocycles. The highest BCUT2D eigenvalue weighted by Crippen LogP contribution is 2.14. The number of piperidine rings is 1. The van der Waals surface area contributed by atoms with Crippen molar-refractivity contribution in [3.05, 3.63) is 59.5 Å². The predicted molar refractivity (Wildman–Crippen MR) is 133 cm³/mol. The summed E-state index contributed by atoms with van der Waals surface area (Å²) in [5, 5.41) is 6.27. The Morgan fingerprint density at radius 1 is 1.19 bits per heavy atom. The van der Waals surface area contributed by atoms with Gasteiger partial charge in [-0.1, -0.05) is 12.1 Å². The van der Waals surface area contributed by atoms with Crippen molar-refractivity contribution >= 4 is 35.8 Å². The van der Waals surface area contributed by atoms with Gasteiger partial charge in [0, 0.05) is 31.8 Å². The van der Waals surface area contributed by atoms with E-state index in [0.717, 1.165) is 56.4 Å². The van der Waals surface area contributed by atoms with Gasteiger partial charge in [-0.25, -0.2) is 4.99 Å². The molecule has 1 aromatic heterocycles. The normalized spacial score (nSPS) is 14.8. The van der Waals surface area contributed by atoms with Gasteiger partial charge in [-0.2, -0.15) is 0 Å². The van der Waals surface area contributed by atoms with E-state index in [1.54, 1.807) is 12.3 Å². The second-order valence-corrected chi connectivity index (χ2v) is 7.27. The van der Waals surface area contributed by atoms with Gasteiger partial charge in [-0.3, -0.25) is 4.79 Å². The highest BCUT2D eigenvalue weighted by atomic mass is 127. The average Bonchev–Trinajstić information content (AvgIpc) is 3.30. The van der Waals surface area contributed by atoms with E-state index in [4.69, 9.17) is 14.1 Å². The largest absolute Gasteiger partial charge is 0.467 e. The molecule has 1 amide bonds. The minimum Gasteiger partial charge on any atom is -0.467 e. The number of carbonyl (C=O) groups excluding carboxylic acids is 1. The molecule has 2 heterocycles. The molecule has 170 valence electrons. The summed E-state index contributed by atoms with van der Waals surface area (Å²) in [5.74, 6) is 1.52. The number of carbonyl (C=O) groups is 1. The SMILES string of the molecule is CCNC(=NCc1cccc(C(=O)NCc2ccco2)c1)N1CCC(OCC)CC1.I. The second kappa shape index (κ2) is 13.4. The molecule has 0 spiro atoms. The van der Waals surface area contributed by atoms with Crippen molar-refractivity contribution in [3.63, 3.8) is 0 Å². The smallest absolute Gasteiger partial charge is 0.251 e. The van der Waals surface area contributed by atoms with Gasteiger partial charge in [0.25, 0.3) is 5.91 Å². The highest BCUT2D eigenvalue weighted by Gasteiger charge is 2.21. The lowest BCUT2D eigenvalue weighted by Crippen LogP contribution is -2.47. The summed E-state index contributed by atoms with van der Waals surface area (Å²) in [5.41, 5.74) is 1.62. The Hall–Kier alpha value is -2.07. The molecule has 0 atom stereocenters. The molecule has 2 N–H and O–H groups in total. The van der Waals surface area contributed by atoms with Crippen LogP contribution in [0.15, 0.2) is 52.1 Å². The summed E-state index contributed by atoms with van der Waals surface area (Å²) in [7, 11) is 0. The van der Waals surface area contributed by atoms with E-state index in [-0.39, 0.29) is 29.9 Å². The molecule has 1 aliphatic rings. The lowest BCUT2D eigenvalue weighted by atomic mass is 10.1. The Bertz CT molecular complexity index is 818. The fourth-order valence-electron chi connectivity index (χ4n) is 3.56. The van der Waals surface area contributed by atoms with E-state index >= 15 is 0 Å². The predicted octanol–water partition coefficient (Wildman–Crippen LogP) is 3.79. The van der Waals surface area contributed by atoms with Gasteiger partial charge in [-0.05, 0) is 56.5 Å². The highest BCUT2D eigenvalue weighted by molar-refractivity contribution is 14.0. The van der Waals surface area contributed by atoms with Crippen LogP contribution in [0, 0.1) is 0 Å². The lowest BCUT2D eigenvalue weighted by Gasteiger charge is -2.34. The van der Waals surface area contributed by atoms with Crippen molar-refractivity contribution in [3.8, 4) is 0 Å². The van der Waals surface area contributed by atoms with Gasteiger partial charge in [0.05, 0.1) is 25.5 Å². The van der Waals surface area contributed by atoms with Gasteiger partial charge < -0.3 is 24.7 Å². The average molecular weight is 540 g/mol. The van der Waals surface area contributed by atoms with Crippen LogP contribution in [0.4, 0.5) is 0 Å². The van der Waals surface area contributed by atoms with E-state index < -0.39 is 0 Å². The fraction of sp³-hybridized carbons (Fsp3) is 0.478. The molecule has 0 radical (unpaired) electrons. The Kier molecular flexibility index (Phi) is 10.9. The number of ether oxygens (including phenoxy) is 1. The summed E-state index contributed by atoms with van der Waals surface area (Å²) in [6.07, 6.45) is 3.99. The second-order valence-electron chi connectivity index (χ2n) is 7.27. The molecule has 31 heavy (non-hydrogen) atoms. The van der Waals surface area contributed by atoms with Gasteiger partial charge in [-0.15, -0.1) is 24.0 Å². The Morgan fingerprint density at radius 3 is 2.68 bits per heavy atom. The van der Waals surface area contributed by atoms with Crippen LogP contribution in [-0.4, -0.2) is 49.1 Å². The maximum Gasteiger partial charge on any atom is 0.251 e. The number of halogens is 1. The quantitative estimate of drug-likeness (QED) is 0.303. The molecule has 8 heteroatoms. The summed E-state index contributed by atoms with van der Waals surface area (Å²) in [6.45, 7) is 8.47. The zero-order valence-corrected chi connectivity index (χ0v) is 20.6. The van der Waals surface area contributed by atoms with Crippen LogP contribution in [0.3, 0.4) is 0 Å². The molecular weight excluding hydrogens is 507 g/mol. The Morgan fingerprint density at radius 2 is 2.00 bits per heavy atom. The number of hydrogen-bond acceptors (Lipinski definition) is 4. The van der Waals surface area contributed by atoms with Crippen LogP contribution >= 0.6 is 24.0 Å². The summed E-state index contributed by atoms with van der Waals surface area (Å²) >= 11 is 0. The number of likely N-dealkylation sites (tertiary alicyclic amines) is 1. The number of aliphatic imine (C=N–C) groups is 1. The molecule has 0 saturated carbocycles. The van der Waals surface area contributed by atoms with Gasteiger partial charge in [0.15, 0.2) is 5.96 Å². The van der Waals surface area contributed by atoms with Crippen LogP contribution in [0.5, 0.6) is 0 Å². The van der Waals surface area contributed by atoms with Crippen molar-refractivity contribution < 1.29 is 13.9 Å². The van der Waals surface area contributed by atoms with E-state index in [1.165, 1.54) is 0 Å². The number of nitrogens with zero attached hydrogens (tertiary/aromatic N) is 2. The molecule has 2 aromatic rings. The van der Waals surface area contributed by atoms with E-state index in [1.807, 2.05) is 37.3 Å². The zero-order valence-electron chi connectivity index (χ0n) is 18.3. The number of benzene rings is 1. The molecule has 3 rings (SSSR count). The maximum absolute atomic E-state index is 12.4. The third kappa shape index (κ3) is 7.84.